The number of aromatic nitrogens is 2. The molecule has 0 aromatic carbocycles. The van der Waals surface area contributed by atoms with E-state index in [2.05, 4.69) is 5.10 Å². The Morgan fingerprint density at radius 1 is 1.67 bits per heavy atom. The van der Waals surface area contributed by atoms with E-state index in [4.69, 9.17) is 14.6 Å². The minimum absolute atomic E-state index is 0.0432. The van der Waals surface area contributed by atoms with Crippen LogP contribution in [0.2, 0.25) is 0 Å². The van der Waals surface area contributed by atoms with Crippen molar-refractivity contribution in [2.24, 2.45) is 0 Å². The second kappa shape index (κ2) is 6.81. The number of aliphatic hydroxyl groups excluding tert-OH is 1. The van der Waals surface area contributed by atoms with Crippen molar-refractivity contribution in [3.8, 4) is 5.88 Å². The Labute approximate surface area is 120 Å². The monoisotopic (exact) mass is 303 g/mol. The molecule has 2 rings (SSSR count). The van der Waals surface area contributed by atoms with Gasteiger partial charge in [0, 0.05) is 19.6 Å². The SMILES string of the molecule is Cc1c([N+](=O)[O-])c(OCCCO)nn1[C@@H]1CCOC[C@H]1F. The minimum atomic E-state index is -1.26. The highest BCUT2D eigenvalue weighted by Crippen LogP contribution is 2.34. The zero-order valence-corrected chi connectivity index (χ0v) is 11.7. The molecule has 1 saturated heterocycles. The van der Waals surface area contributed by atoms with Crippen molar-refractivity contribution in [2.75, 3.05) is 26.4 Å². The number of nitro groups is 1. The molecular weight excluding hydrogens is 285 g/mol. The summed E-state index contributed by atoms with van der Waals surface area (Å²) in [5, 5.41) is 23.9. The summed E-state index contributed by atoms with van der Waals surface area (Å²) < 4.78 is 25.5. The molecule has 0 spiro atoms. The Morgan fingerprint density at radius 3 is 3.05 bits per heavy atom. The van der Waals surface area contributed by atoms with Gasteiger partial charge < -0.3 is 14.6 Å². The molecule has 1 aromatic heterocycles. The van der Waals surface area contributed by atoms with Crippen LogP contribution < -0.4 is 4.74 Å². The third-order valence-electron chi connectivity index (χ3n) is 3.38. The summed E-state index contributed by atoms with van der Waals surface area (Å²) in [7, 11) is 0. The zero-order chi connectivity index (χ0) is 15.4. The van der Waals surface area contributed by atoms with Crippen LogP contribution in [-0.2, 0) is 4.74 Å². The first-order valence-corrected chi connectivity index (χ1v) is 6.75. The van der Waals surface area contributed by atoms with Crippen LogP contribution in [0.25, 0.3) is 0 Å². The van der Waals surface area contributed by atoms with Crippen molar-refractivity contribution in [1.82, 2.24) is 9.78 Å². The van der Waals surface area contributed by atoms with E-state index in [1.54, 1.807) is 0 Å². The second-order valence-electron chi connectivity index (χ2n) is 4.81. The molecule has 1 aromatic rings. The fraction of sp³-hybridized carbons (Fsp3) is 0.750. The highest BCUT2D eigenvalue weighted by atomic mass is 19.1. The van der Waals surface area contributed by atoms with Crippen LogP contribution >= 0.6 is 0 Å². The average molecular weight is 303 g/mol. The summed E-state index contributed by atoms with van der Waals surface area (Å²) in [5.41, 5.74) is 0.000167. The van der Waals surface area contributed by atoms with Crippen LogP contribution in [0.15, 0.2) is 0 Å². The molecule has 0 amide bonds. The average Bonchev–Trinajstić information content (AvgIpc) is 2.76. The Hall–Kier alpha value is -1.74. The summed E-state index contributed by atoms with van der Waals surface area (Å²) in [6, 6.07) is -0.590. The molecule has 2 heterocycles. The van der Waals surface area contributed by atoms with Gasteiger partial charge in [-0.1, -0.05) is 0 Å². The maximum absolute atomic E-state index is 13.9. The Balaban J connectivity index is 2.29. The molecule has 1 aliphatic rings. The summed E-state index contributed by atoms with van der Waals surface area (Å²) in [4.78, 5) is 10.6. The van der Waals surface area contributed by atoms with Crippen molar-refractivity contribution >= 4 is 5.69 Å². The molecule has 2 atom stereocenters. The van der Waals surface area contributed by atoms with Gasteiger partial charge >= 0.3 is 11.6 Å². The van der Waals surface area contributed by atoms with E-state index in [0.29, 0.717) is 19.4 Å². The van der Waals surface area contributed by atoms with E-state index in [-0.39, 0.29) is 37.1 Å². The molecule has 118 valence electrons. The summed E-state index contributed by atoms with van der Waals surface area (Å²) >= 11 is 0. The molecule has 9 heteroatoms. The molecular formula is C12H18FN3O5. The lowest BCUT2D eigenvalue weighted by Crippen LogP contribution is -2.32. The molecule has 0 aliphatic carbocycles. The number of halogens is 1. The van der Waals surface area contributed by atoms with Crippen LogP contribution in [0.4, 0.5) is 10.1 Å². The molecule has 1 aliphatic heterocycles. The standard InChI is InChI=1S/C12H18FN3O5/c1-8-11(16(18)19)12(21-5-2-4-17)14-15(8)10-3-6-20-7-9(10)13/h9-10,17H,2-7H2,1H3/t9-,10-/m1/s1. The molecule has 0 saturated carbocycles. The van der Waals surface area contributed by atoms with Crippen LogP contribution in [0.5, 0.6) is 5.88 Å². The van der Waals surface area contributed by atoms with Gasteiger partial charge in [-0.2, -0.15) is 0 Å². The summed E-state index contributed by atoms with van der Waals surface area (Å²) in [6.07, 6.45) is -0.523. The largest absolute Gasteiger partial charge is 0.472 e. The van der Waals surface area contributed by atoms with Gasteiger partial charge in [0.2, 0.25) is 0 Å². The fourth-order valence-electron chi connectivity index (χ4n) is 2.31. The lowest BCUT2D eigenvalue weighted by atomic mass is 10.1. The van der Waals surface area contributed by atoms with E-state index >= 15 is 0 Å². The van der Waals surface area contributed by atoms with E-state index in [1.165, 1.54) is 11.6 Å². The topological polar surface area (TPSA) is 99.7 Å². The van der Waals surface area contributed by atoms with Gasteiger partial charge in [0.05, 0.1) is 24.2 Å². The van der Waals surface area contributed by atoms with Gasteiger partial charge in [0.1, 0.15) is 11.9 Å². The van der Waals surface area contributed by atoms with Crippen LogP contribution in [0, 0.1) is 17.0 Å². The van der Waals surface area contributed by atoms with E-state index in [9.17, 15) is 14.5 Å². The number of ether oxygens (including phenoxy) is 2. The van der Waals surface area contributed by atoms with Crippen molar-refractivity contribution in [2.45, 2.75) is 32.0 Å². The highest BCUT2D eigenvalue weighted by molar-refractivity contribution is 5.45. The lowest BCUT2D eigenvalue weighted by Gasteiger charge is -2.26. The smallest absolute Gasteiger partial charge is 0.352 e. The highest BCUT2D eigenvalue weighted by Gasteiger charge is 2.34. The van der Waals surface area contributed by atoms with Crippen molar-refractivity contribution in [3.63, 3.8) is 0 Å². The number of aliphatic hydroxyl groups is 1. The Kier molecular flexibility index (Phi) is 5.07. The Morgan fingerprint density at radius 2 is 2.43 bits per heavy atom. The van der Waals surface area contributed by atoms with Gasteiger partial charge in [0.15, 0.2) is 0 Å². The molecule has 8 nitrogen and oxygen atoms in total. The predicted molar refractivity (Wildman–Crippen MR) is 70.2 cm³/mol. The fourth-order valence-corrected chi connectivity index (χ4v) is 2.31. The Bertz CT molecular complexity index is 507. The molecule has 0 unspecified atom stereocenters. The van der Waals surface area contributed by atoms with Crippen molar-refractivity contribution in [3.05, 3.63) is 15.8 Å². The van der Waals surface area contributed by atoms with Crippen LogP contribution in [0.3, 0.4) is 0 Å². The molecule has 1 N–H and O–H groups in total. The number of hydrogen-bond donors (Lipinski definition) is 1. The molecule has 1 fully saturated rings. The molecule has 0 bridgehead atoms. The third kappa shape index (κ3) is 3.30. The first kappa shape index (κ1) is 15.6. The lowest BCUT2D eigenvalue weighted by molar-refractivity contribution is -0.386. The second-order valence-corrected chi connectivity index (χ2v) is 4.81. The van der Waals surface area contributed by atoms with Gasteiger partial charge in [0.25, 0.3) is 0 Å². The quantitative estimate of drug-likeness (QED) is 0.481. The van der Waals surface area contributed by atoms with Crippen molar-refractivity contribution < 1.29 is 23.9 Å². The maximum atomic E-state index is 13.9. The third-order valence-corrected chi connectivity index (χ3v) is 3.38. The number of nitrogens with zero attached hydrogens (tertiary/aromatic N) is 3. The molecule has 0 radical (unpaired) electrons. The number of hydrogen-bond acceptors (Lipinski definition) is 6. The van der Waals surface area contributed by atoms with E-state index < -0.39 is 17.1 Å². The van der Waals surface area contributed by atoms with E-state index in [0.717, 1.165) is 0 Å². The summed E-state index contributed by atoms with van der Waals surface area (Å²) in [5.74, 6) is -0.135. The van der Waals surface area contributed by atoms with Gasteiger partial charge in [-0.3, -0.25) is 14.8 Å². The van der Waals surface area contributed by atoms with Gasteiger partial charge in [-0.15, -0.1) is 5.10 Å². The maximum Gasteiger partial charge on any atom is 0.352 e. The van der Waals surface area contributed by atoms with Crippen LogP contribution in [-0.4, -0.2) is 52.4 Å². The van der Waals surface area contributed by atoms with E-state index in [1.807, 2.05) is 0 Å². The number of alkyl halides is 1. The first-order chi connectivity index (χ1) is 10.1. The molecule has 21 heavy (non-hydrogen) atoms. The zero-order valence-electron chi connectivity index (χ0n) is 11.7. The van der Waals surface area contributed by atoms with Crippen LogP contribution in [0.1, 0.15) is 24.6 Å². The van der Waals surface area contributed by atoms with Gasteiger partial charge in [-0.05, 0) is 13.3 Å². The van der Waals surface area contributed by atoms with Crippen molar-refractivity contribution in [1.29, 1.82) is 0 Å². The first-order valence-electron chi connectivity index (χ1n) is 6.75. The number of rotatable bonds is 6. The summed E-state index contributed by atoms with van der Waals surface area (Å²) in [6.45, 7) is 1.89. The normalized spacial score (nSPS) is 22.2. The predicted octanol–water partition coefficient (Wildman–Crippen LogP) is 1.16. The minimum Gasteiger partial charge on any atom is -0.472 e. The van der Waals surface area contributed by atoms with Gasteiger partial charge in [-0.25, -0.2) is 4.39 Å².